The quantitative estimate of drug-likeness (QED) is 0.770. The molecule has 1 saturated heterocycles. The molecule has 2 aliphatic rings. The number of nitrogens with two attached hydrogens (primary N) is 1. The van der Waals surface area contributed by atoms with Crippen LogP contribution in [0.4, 0.5) is 10.3 Å². The fourth-order valence-corrected chi connectivity index (χ4v) is 3.60. The maximum Gasteiger partial charge on any atom is 0.225 e. The number of aromatic nitrogens is 4. The number of nitrogens with zero attached hydrogens (tertiary/aromatic N) is 6. The molecule has 2 N–H and O–H groups in total. The van der Waals surface area contributed by atoms with E-state index >= 15 is 4.39 Å². The van der Waals surface area contributed by atoms with E-state index in [2.05, 4.69) is 26.9 Å². The molecular formula is C22H22FN7. The maximum absolute atomic E-state index is 16.2. The van der Waals surface area contributed by atoms with Crippen LogP contribution in [0.5, 0.6) is 0 Å². The first kappa shape index (κ1) is 19.8. The third-order valence-corrected chi connectivity index (χ3v) is 5.35. The summed E-state index contributed by atoms with van der Waals surface area (Å²) in [6.07, 6.45) is 11.1. The number of hydrogen-bond acceptors (Lipinski definition) is 6. The van der Waals surface area contributed by atoms with Gasteiger partial charge in [-0.25, -0.2) is 14.4 Å². The lowest BCUT2D eigenvalue weighted by Crippen LogP contribution is -2.41. The van der Waals surface area contributed by atoms with Gasteiger partial charge < -0.3 is 10.6 Å². The monoisotopic (exact) mass is 403 g/mol. The topological polar surface area (TPSA) is 96.6 Å². The Morgan fingerprint density at radius 2 is 2.07 bits per heavy atom. The summed E-state index contributed by atoms with van der Waals surface area (Å²) in [6.45, 7) is 1.41. The average Bonchev–Trinajstić information content (AvgIpc) is 3.18. The Hall–Kier alpha value is -3.49. The predicted molar refractivity (Wildman–Crippen MR) is 111 cm³/mol. The van der Waals surface area contributed by atoms with Gasteiger partial charge in [-0.1, -0.05) is 24.1 Å². The van der Waals surface area contributed by atoms with E-state index in [1.165, 1.54) is 18.3 Å². The second-order valence-corrected chi connectivity index (χ2v) is 7.50. The van der Waals surface area contributed by atoms with Gasteiger partial charge in [0.2, 0.25) is 5.95 Å². The number of anilines is 1. The largest absolute Gasteiger partial charge is 0.341 e. The van der Waals surface area contributed by atoms with Gasteiger partial charge in [0.1, 0.15) is 17.3 Å². The Balaban J connectivity index is 1.78. The van der Waals surface area contributed by atoms with E-state index in [0.29, 0.717) is 30.3 Å². The van der Waals surface area contributed by atoms with Gasteiger partial charge in [0, 0.05) is 38.6 Å². The minimum Gasteiger partial charge on any atom is -0.341 e. The molecule has 0 saturated carbocycles. The molecule has 0 aromatic carbocycles. The Bertz CT molecular complexity index is 1090. The molecule has 1 aliphatic heterocycles. The van der Waals surface area contributed by atoms with Crippen LogP contribution in [0.3, 0.4) is 0 Å². The van der Waals surface area contributed by atoms with Crippen LogP contribution in [0.2, 0.25) is 0 Å². The van der Waals surface area contributed by atoms with Crippen molar-refractivity contribution >= 4 is 5.95 Å². The van der Waals surface area contributed by atoms with Gasteiger partial charge in [-0.05, 0) is 30.9 Å². The SMILES string of the molecule is Cn1ccc(C#Cc2cnc(N3CCC(N)CC3)nc2C2(F)C=CC=CC2C#N)n1. The second-order valence-electron chi connectivity index (χ2n) is 7.50. The summed E-state index contributed by atoms with van der Waals surface area (Å²) in [6, 6.07) is 3.96. The number of halogens is 1. The molecule has 0 radical (unpaired) electrons. The van der Waals surface area contributed by atoms with E-state index in [-0.39, 0.29) is 11.7 Å². The highest BCUT2D eigenvalue weighted by molar-refractivity contribution is 5.49. The van der Waals surface area contributed by atoms with E-state index in [1.807, 2.05) is 11.0 Å². The highest BCUT2D eigenvalue weighted by Crippen LogP contribution is 2.39. The highest BCUT2D eigenvalue weighted by Gasteiger charge is 2.42. The maximum atomic E-state index is 16.2. The number of hydrogen-bond donors (Lipinski definition) is 1. The number of piperidine rings is 1. The smallest absolute Gasteiger partial charge is 0.225 e. The van der Waals surface area contributed by atoms with Gasteiger partial charge in [0.15, 0.2) is 5.67 Å². The zero-order chi connectivity index (χ0) is 21.1. The first-order valence-electron chi connectivity index (χ1n) is 9.84. The van der Waals surface area contributed by atoms with Crippen LogP contribution < -0.4 is 10.6 Å². The summed E-state index contributed by atoms with van der Waals surface area (Å²) in [4.78, 5) is 11.0. The first-order chi connectivity index (χ1) is 14.5. The van der Waals surface area contributed by atoms with Crippen molar-refractivity contribution < 1.29 is 4.39 Å². The highest BCUT2D eigenvalue weighted by atomic mass is 19.1. The van der Waals surface area contributed by atoms with Crippen LogP contribution in [0, 0.1) is 29.1 Å². The van der Waals surface area contributed by atoms with Crippen LogP contribution in [0.15, 0.2) is 42.8 Å². The number of aryl methyl sites for hydroxylation is 1. The lowest BCUT2D eigenvalue weighted by atomic mass is 9.82. The van der Waals surface area contributed by atoms with Gasteiger partial charge >= 0.3 is 0 Å². The molecule has 30 heavy (non-hydrogen) atoms. The summed E-state index contributed by atoms with van der Waals surface area (Å²) in [5.41, 5.74) is 4.88. The zero-order valence-corrected chi connectivity index (χ0v) is 16.7. The summed E-state index contributed by atoms with van der Waals surface area (Å²) < 4.78 is 17.8. The van der Waals surface area contributed by atoms with Gasteiger partial charge in [0.05, 0.1) is 11.6 Å². The zero-order valence-electron chi connectivity index (χ0n) is 16.7. The third-order valence-electron chi connectivity index (χ3n) is 5.35. The lowest BCUT2D eigenvalue weighted by molar-refractivity contribution is 0.189. The Kier molecular flexibility index (Phi) is 5.35. The summed E-state index contributed by atoms with van der Waals surface area (Å²) in [5, 5.41) is 13.8. The molecule has 4 rings (SSSR count). The molecule has 2 unspecified atom stereocenters. The molecule has 1 fully saturated rings. The molecule has 0 spiro atoms. The molecule has 8 heteroatoms. The van der Waals surface area contributed by atoms with Crippen molar-refractivity contribution in [2.75, 3.05) is 18.0 Å². The summed E-state index contributed by atoms with van der Waals surface area (Å²) in [7, 11) is 1.80. The molecule has 2 aromatic heterocycles. The van der Waals surface area contributed by atoms with Crippen molar-refractivity contribution in [1.29, 1.82) is 5.26 Å². The number of rotatable bonds is 2. The Morgan fingerprint density at radius 1 is 1.27 bits per heavy atom. The number of allylic oxidation sites excluding steroid dienone is 4. The summed E-state index contributed by atoms with van der Waals surface area (Å²) >= 11 is 0. The normalized spacial score (nSPS) is 23.7. The molecule has 3 heterocycles. The predicted octanol–water partition coefficient (Wildman–Crippen LogP) is 1.97. The minimum absolute atomic E-state index is 0.0953. The molecule has 1 aliphatic carbocycles. The Labute approximate surface area is 174 Å². The standard InChI is InChI=1S/C22H22FN7/c1-29-11-9-19(28-29)6-5-16-15-26-21(30-12-7-18(25)8-13-30)27-20(16)22(23)10-3-2-4-17(22)14-24/h2-4,9-11,15,17-18H,7-8,12-13,25H2,1H3. The fraction of sp³-hybridized carbons (Fsp3) is 0.364. The van der Waals surface area contributed by atoms with Crippen molar-refractivity contribution in [1.82, 2.24) is 19.7 Å². The molecule has 0 amide bonds. The van der Waals surface area contributed by atoms with E-state index in [9.17, 15) is 5.26 Å². The van der Waals surface area contributed by atoms with Gasteiger partial charge in [-0.3, -0.25) is 4.68 Å². The second kappa shape index (κ2) is 8.10. The fourth-order valence-electron chi connectivity index (χ4n) is 3.60. The molecule has 0 bridgehead atoms. The molecule has 2 atom stereocenters. The van der Waals surface area contributed by atoms with Gasteiger partial charge in [-0.15, -0.1) is 0 Å². The van der Waals surface area contributed by atoms with Crippen LogP contribution >= 0.6 is 0 Å². The van der Waals surface area contributed by atoms with Crippen molar-refractivity contribution in [3.8, 4) is 17.9 Å². The first-order valence-corrected chi connectivity index (χ1v) is 9.84. The van der Waals surface area contributed by atoms with E-state index in [1.54, 1.807) is 36.1 Å². The van der Waals surface area contributed by atoms with Crippen molar-refractivity contribution in [2.45, 2.75) is 24.6 Å². The Morgan fingerprint density at radius 3 is 2.77 bits per heavy atom. The van der Waals surface area contributed by atoms with E-state index in [0.717, 1.165) is 12.8 Å². The van der Waals surface area contributed by atoms with Gasteiger partial charge in [0.25, 0.3) is 0 Å². The molecule has 152 valence electrons. The van der Waals surface area contributed by atoms with E-state index in [4.69, 9.17) is 5.73 Å². The number of alkyl halides is 1. The van der Waals surface area contributed by atoms with Gasteiger partial charge in [-0.2, -0.15) is 10.4 Å². The number of nitriles is 1. The van der Waals surface area contributed by atoms with Crippen LogP contribution in [0.25, 0.3) is 0 Å². The molecule has 2 aromatic rings. The molecule has 7 nitrogen and oxygen atoms in total. The van der Waals surface area contributed by atoms with Crippen LogP contribution in [-0.2, 0) is 12.7 Å². The average molecular weight is 403 g/mol. The third kappa shape index (κ3) is 3.83. The minimum atomic E-state index is -2.10. The molecular weight excluding hydrogens is 381 g/mol. The lowest BCUT2D eigenvalue weighted by Gasteiger charge is -2.32. The van der Waals surface area contributed by atoms with Crippen molar-refractivity contribution in [3.05, 3.63) is 59.7 Å². The van der Waals surface area contributed by atoms with Crippen molar-refractivity contribution in [3.63, 3.8) is 0 Å². The van der Waals surface area contributed by atoms with Crippen LogP contribution in [-0.4, -0.2) is 38.9 Å². The van der Waals surface area contributed by atoms with Crippen molar-refractivity contribution in [2.24, 2.45) is 18.7 Å². The summed E-state index contributed by atoms with van der Waals surface area (Å²) in [5.74, 6) is 5.31. The van der Waals surface area contributed by atoms with Crippen LogP contribution in [0.1, 0.15) is 29.8 Å². The van der Waals surface area contributed by atoms with E-state index < -0.39 is 11.6 Å².